The number of hydrogen-bond donors (Lipinski definition) is 1. The van der Waals surface area contributed by atoms with Gasteiger partial charge in [-0.2, -0.15) is 0 Å². The summed E-state index contributed by atoms with van der Waals surface area (Å²) in [5.41, 5.74) is -1.39. The summed E-state index contributed by atoms with van der Waals surface area (Å²) >= 11 is 0. The molecule has 3 fully saturated rings. The van der Waals surface area contributed by atoms with Crippen LogP contribution in [0.25, 0.3) is 0 Å². The molecule has 7 heteroatoms. The van der Waals surface area contributed by atoms with E-state index < -0.39 is 18.8 Å². The van der Waals surface area contributed by atoms with Crippen molar-refractivity contribution in [1.29, 1.82) is 0 Å². The van der Waals surface area contributed by atoms with Gasteiger partial charge in [-0.25, -0.2) is 0 Å². The van der Waals surface area contributed by atoms with E-state index in [0.29, 0.717) is 6.61 Å². The largest absolute Gasteiger partial charge is 0.382 e. The molecule has 1 N–H and O–H groups in total. The summed E-state index contributed by atoms with van der Waals surface area (Å²) in [7, 11) is -2.03. The zero-order valence-corrected chi connectivity index (χ0v) is 11.0. The van der Waals surface area contributed by atoms with E-state index in [4.69, 9.17) is 18.7 Å². The van der Waals surface area contributed by atoms with Gasteiger partial charge in [-0.1, -0.05) is 0 Å². The van der Waals surface area contributed by atoms with E-state index in [9.17, 15) is 9.46 Å². The fourth-order valence-electron chi connectivity index (χ4n) is 3.53. The number of methoxy groups -OCH3 is 1. The van der Waals surface area contributed by atoms with Gasteiger partial charge in [0.25, 0.3) is 0 Å². The van der Waals surface area contributed by atoms with Gasteiger partial charge in [0.1, 0.15) is 11.2 Å². The van der Waals surface area contributed by atoms with Crippen molar-refractivity contribution in [2.75, 3.05) is 27.0 Å². The number of rotatable bonds is 4. The molecule has 17 heavy (non-hydrogen) atoms. The topological polar surface area (TPSA) is 74.2 Å². The molecule has 0 aromatic heterocycles. The Labute approximate surface area is 99.7 Å². The van der Waals surface area contributed by atoms with Crippen molar-refractivity contribution < 1.29 is 28.2 Å². The van der Waals surface area contributed by atoms with Gasteiger partial charge in [0.15, 0.2) is 0 Å². The van der Waals surface area contributed by atoms with Crippen molar-refractivity contribution in [1.82, 2.24) is 0 Å². The lowest BCUT2D eigenvalue weighted by Crippen LogP contribution is -2.48. The molecule has 1 aliphatic carbocycles. The standard InChI is InChI=1S/C10H17O6P/c1-6-7-8-9(15-6,5-14-7)10(8,4-13-2)16-17(3,11)12/h6-8H,4-5H2,1-3H3,(H,11,12)/t6?,7-,8?,9+,10?/m1/s1. The predicted molar refractivity (Wildman–Crippen MR) is 57.9 cm³/mol. The molecule has 2 saturated heterocycles. The van der Waals surface area contributed by atoms with Gasteiger partial charge in [-0.15, -0.1) is 0 Å². The molecule has 2 aliphatic heterocycles. The van der Waals surface area contributed by atoms with Crippen LogP contribution in [0.5, 0.6) is 0 Å². The highest BCUT2D eigenvalue weighted by Gasteiger charge is 2.90. The van der Waals surface area contributed by atoms with Crippen LogP contribution in [0, 0.1) is 5.92 Å². The van der Waals surface area contributed by atoms with Crippen molar-refractivity contribution in [3.8, 4) is 0 Å². The van der Waals surface area contributed by atoms with E-state index in [-0.39, 0.29) is 24.7 Å². The molecule has 4 unspecified atom stereocenters. The van der Waals surface area contributed by atoms with Crippen LogP contribution < -0.4 is 0 Å². The lowest BCUT2D eigenvalue weighted by Gasteiger charge is -2.35. The summed E-state index contributed by atoms with van der Waals surface area (Å²) in [5, 5.41) is 0. The lowest BCUT2D eigenvalue weighted by atomic mass is 10.1. The van der Waals surface area contributed by atoms with Gasteiger partial charge in [0, 0.05) is 13.8 Å². The second-order valence-electron chi connectivity index (χ2n) is 5.18. The summed E-state index contributed by atoms with van der Waals surface area (Å²) in [6, 6.07) is 0. The molecule has 2 bridgehead atoms. The second kappa shape index (κ2) is 3.32. The number of ether oxygens (including phenoxy) is 3. The molecule has 1 saturated carbocycles. The van der Waals surface area contributed by atoms with Gasteiger partial charge in [0.2, 0.25) is 0 Å². The smallest absolute Gasteiger partial charge is 0.325 e. The van der Waals surface area contributed by atoms with Gasteiger partial charge in [-0.05, 0) is 6.92 Å². The average molecular weight is 264 g/mol. The summed E-state index contributed by atoms with van der Waals surface area (Å²) < 4.78 is 33.5. The normalized spacial score (nSPS) is 54.5. The van der Waals surface area contributed by atoms with Gasteiger partial charge >= 0.3 is 7.60 Å². The molecule has 0 spiro atoms. The van der Waals surface area contributed by atoms with Crippen LogP contribution in [0.15, 0.2) is 0 Å². The van der Waals surface area contributed by atoms with E-state index in [1.807, 2.05) is 6.92 Å². The lowest BCUT2D eigenvalue weighted by molar-refractivity contribution is -0.183. The number of hydrogen-bond acceptors (Lipinski definition) is 5. The van der Waals surface area contributed by atoms with E-state index in [1.54, 1.807) is 7.11 Å². The zero-order chi connectivity index (χ0) is 12.5. The predicted octanol–water partition coefficient (Wildman–Crippen LogP) is 0.389. The molecule has 3 rings (SSSR count). The highest BCUT2D eigenvalue weighted by molar-refractivity contribution is 7.52. The van der Waals surface area contributed by atoms with Crippen LogP contribution in [0.2, 0.25) is 0 Å². The molecule has 98 valence electrons. The van der Waals surface area contributed by atoms with Crippen LogP contribution in [-0.2, 0) is 23.3 Å². The van der Waals surface area contributed by atoms with Gasteiger partial charge in [0.05, 0.1) is 31.3 Å². The van der Waals surface area contributed by atoms with Gasteiger partial charge in [-0.3, -0.25) is 9.09 Å². The van der Waals surface area contributed by atoms with Gasteiger partial charge < -0.3 is 19.1 Å². The first-order valence-corrected chi connectivity index (χ1v) is 7.68. The summed E-state index contributed by atoms with van der Waals surface area (Å²) in [6.07, 6.45) is -0.0473. The summed E-state index contributed by atoms with van der Waals surface area (Å²) in [5.74, 6) is 0.00498. The fraction of sp³-hybridized carbons (Fsp3) is 1.00. The first-order valence-electron chi connectivity index (χ1n) is 5.66. The average Bonchev–Trinajstić information content (AvgIpc) is 2.54. The Morgan fingerprint density at radius 3 is 2.71 bits per heavy atom. The molecule has 0 radical (unpaired) electrons. The van der Waals surface area contributed by atoms with E-state index in [0.717, 1.165) is 0 Å². The highest BCUT2D eigenvalue weighted by Crippen LogP contribution is 2.73. The third kappa shape index (κ3) is 1.37. The van der Waals surface area contributed by atoms with Crippen LogP contribution in [0.4, 0.5) is 0 Å². The maximum Gasteiger partial charge on any atom is 0.325 e. The van der Waals surface area contributed by atoms with Crippen molar-refractivity contribution in [2.24, 2.45) is 5.92 Å². The Morgan fingerprint density at radius 2 is 2.29 bits per heavy atom. The minimum atomic E-state index is -3.58. The van der Waals surface area contributed by atoms with Crippen molar-refractivity contribution in [3.63, 3.8) is 0 Å². The monoisotopic (exact) mass is 264 g/mol. The van der Waals surface area contributed by atoms with E-state index in [1.165, 1.54) is 6.66 Å². The molecular weight excluding hydrogens is 247 g/mol. The molecule has 0 amide bonds. The van der Waals surface area contributed by atoms with Crippen molar-refractivity contribution >= 4 is 7.60 Å². The molecule has 6 nitrogen and oxygen atoms in total. The van der Waals surface area contributed by atoms with Crippen molar-refractivity contribution in [2.45, 2.75) is 30.3 Å². The Balaban J connectivity index is 1.89. The maximum absolute atomic E-state index is 11.5. The Hall–Kier alpha value is 0.0300. The molecule has 0 aromatic carbocycles. The molecule has 2 heterocycles. The second-order valence-corrected chi connectivity index (χ2v) is 6.97. The highest BCUT2D eigenvalue weighted by atomic mass is 31.2. The van der Waals surface area contributed by atoms with Crippen LogP contribution in [0.3, 0.4) is 0 Å². The Kier molecular flexibility index (Phi) is 2.36. The molecule has 6 atom stereocenters. The van der Waals surface area contributed by atoms with Crippen molar-refractivity contribution in [3.05, 3.63) is 0 Å². The van der Waals surface area contributed by atoms with Crippen LogP contribution >= 0.6 is 7.60 Å². The molecular formula is C10H17O6P. The first kappa shape index (κ1) is 12.1. The zero-order valence-electron chi connectivity index (χ0n) is 10.1. The third-order valence-corrected chi connectivity index (χ3v) is 4.67. The third-order valence-electron chi connectivity index (χ3n) is 4.01. The van der Waals surface area contributed by atoms with Crippen LogP contribution in [0.1, 0.15) is 6.92 Å². The molecule has 0 aromatic rings. The Morgan fingerprint density at radius 1 is 1.59 bits per heavy atom. The fourth-order valence-corrected chi connectivity index (χ4v) is 4.46. The summed E-state index contributed by atoms with van der Waals surface area (Å²) in [6.45, 7) is 3.80. The Bertz CT molecular complexity index is 394. The van der Waals surface area contributed by atoms with Crippen LogP contribution in [-0.4, -0.2) is 55.3 Å². The first-order chi connectivity index (χ1) is 7.86. The SMILES string of the molecule is COCC1(OP(C)(=O)O)C2[C@@H]3OC[C@]21OC3C. The quantitative estimate of drug-likeness (QED) is 0.740. The minimum Gasteiger partial charge on any atom is -0.382 e. The van der Waals surface area contributed by atoms with E-state index >= 15 is 0 Å². The summed E-state index contributed by atoms with van der Waals surface area (Å²) in [4.78, 5) is 9.45. The maximum atomic E-state index is 11.5. The molecule has 3 aliphatic rings. The van der Waals surface area contributed by atoms with E-state index in [2.05, 4.69) is 0 Å². The minimum absolute atomic E-state index is 0.00498.